The Kier molecular flexibility index (Phi) is 2.04. The SMILES string of the molecule is O=C(O)c1c[nH]c(=O)c(Br)n1. The van der Waals surface area contributed by atoms with Crippen molar-refractivity contribution in [2.45, 2.75) is 0 Å². The fourth-order valence-electron chi connectivity index (χ4n) is 0.492. The molecule has 0 aromatic carbocycles. The van der Waals surface area contributed by atoms with Gasteiger partial charge in [-0.25, -0.2) is 9.78 Å². The first kappa shape index (κ1) is 7.93. The second-order valence-corrected chi connectivity index (χ2v) is 2.46. The molecule has 0 amide bonds. The number of carboxylic acids is 1. The van der Waals surface area contributed by atoms with Crippen molar-refractivity contribution < 1.29 is 9.90 Å². The minimum atomic E-state index is -1.18. The van der Waals surface area contributed by atoms with Crippen LogP contribution in [-0.4, -0.2) is 21.0 Å². The van der Waals surface area contributed by atoms with E-state index in [-0.39, 0.29) is 10.3 Å². The molecule has 5 nitrogen and oxygen atoms in total. The van der Waals surface area contributed by atoms with Gasteiger partial charge in [0.25, 0.3) is 5.56 Å². The van der Waals surface area contributed by atoms with Gasteiger partial charge in [-0.3, -0.25) is 4.79 Å². The Morgan fingerprint density at radius 2 is 2.36 bits per heavy atom. The van der Waals surface area contributed by atoms with E-state index in [1.54, 1.807) is 0 Å². The van der Waals surface area contributed by atoms with Crippen molar-refractivity contribution in [1.29, 1.82) is 0 Å². The van der Waals surface area contributed by atoms with E-state index in [0.717, 1.165) is 6.20 Å². The number of rotatable bonds is 1. The van der Waals surface area contributed by atoms with Gasteiger partial charge in [-0.1, -0.05) is 0 Å². The van der Waals surface area contributed by atoms with E-state index in [4.69, 9.17) is 5.11 Å². The zero-order valence-electron chi connectivity index (χ0n) is 5.17. The number of carbonyl (C=O) groups is 1. The van der Waals surface area contributed by atoms with E-state index >= 15 is 0 Å². The van der Waals surface area contributed by atoms with Crippen molar-refractivity contribution in [3.05, 3.63) is 26.8 Å². The van der Waals surface area contributed by atoms with Crippen molar-refractivity contribution in [3.63, 3.8) is 0 Å². The normalized spacial score (nSPS) is 9.55. The molecule has 1 aromatic heterocycles. The summed E-state index contributed by atoms with van der Waals surface area (Å²) in [5.74, 6) is -1.18. The number of aromatic carboxylic acids is 1. The number of aromatic amines is 1. The molecule has 0 saturated heterocycles. The summed E-state index contributed by atoms with van der Waals surface area (Å²) in [6.45, 7) is 0. The molecule has 0 saturated carbocycles. The van der Waals surface area contributed by atoms with Crippen LogP contribution < -0.4 is 5.56 Å². The maximum absolute atomic E-state index is 10.6. The zero-order valence-corrected chi connectivity index (χ0v) is 6.75. The molecule has 0 unspecified atom stereocenters. The van der Waals surface area contributed by atoms with Gasteiger partial charge in [-0.2, -0.15) is 0 Å². The number of aromatic nitrogens is 2. The van der Waals surface area contributed by atoms with Gasteiger partial charge < -0.3 is 10.1 Å². The average Bonchev–Trinajstić information content (AvgIpc) is 1.94. The van der Waals surface area contributed by atoms with Crippen LogP contribution in [0.25, 0.3) is 0 Å². The van der Waals surface area contributed by atoms with Gasteiger partial charge in [0, 0.05) is 6.20 Å². The van der Waals surface area contributed by atoms with Crippen LogP contribution in [-0.2, 0) is 0 Å². The van der Waals surface area contributed by atoms with E-state index in [1.807, 2.05) is 0 Å². The van der Waals surface area contributed by atoms with Gasteiger partial charge in [0.05, 0.1) is 0 Å². The molecule has 0 aliphatic rings. The monoisotopic (exact) mass is 218 g/mol. The highest BCUT2D eigenvalue weighted by atomic mass is 79.9. The van der Waals surface area contributed by atoms with Gasteiger partial charge in [0.15, 0.2) is 10.3 Å². The summed E-state index contributed by atoms with van der Waals surface area (Å²) in [7, 11) is 0. The Hall–Kier alpha value is -1.17. The quantitative estimate of drug-likeness (QED) is 0.708. The Morgan fingerprint density at radius 1 is 1.73 bits per heavy atom. The molecule has 1 aromatic rings. The summed E-state index contributed by atoms with van der Waals surface area (Å²) in [4.78, 5) is 26.5. The third-order valence-corrected chi connectivity index (χ3v) is 1.50. The Balaban J connectivity index is 3.26. The van der Waals surface area contributed by atoms with Crippen LogP contribution in [0.1, 0.15) is 10.5 Å². The Bertz CT molecular complexity index is 346. The highest BCUT2D eigenvalue weighted by molar-refractivity contribution is 9.10. The number of nitrogens with one attached hydrogen (secondary N) is 1. The summed E-state index contributed by atoms with van der Waals surface area (Å²) < 4.78 is -0.0302. The summed E-state index contributed by atoms with van der Waals surface area (Å²) in [6, 6.07) is 0. The summed E-state index contributed by atoms with van der Waals surface area (Å²) in [5, 5.41) is 8.39. The molecule has 0 spiro atoms. The number of carboxylic acid groups (broad SMARTS) is 1. The summed E-state index contributed by atoms with van der Waals surface area (Å²) >= 11 is 2.80. The molecule has 11 heavy (non-hydrogen) atoms. The van der Waals surface area contributed by atoms with E-state index < -0.39 is 11.5 Å². The van der Waals surface area contributed by atoms with Gasteiger partial charge in [-0.05, 0) is 15.9 Å². The van der Waals surface area contributed by atoms with E-state index in [9.17, 15) is 9.59 Å². The van der Waals surface area contributed by atoms with Crippen LogP contribution >= 0.6 is 15.9 Å². The van der Waals surface area contributed by atoms with Crippen LogP contribution in [0.5, 0.6) is 0 Å². The largest absolute Gasteiger partial charge is 0.476 e. The molecule has 2 N–H and O–H groups in total. The third-order valence-electron chi connectivity index (χ3n) is 0.965. The minimum Gasteiger partial charge on any atom is -0.476 e. The fourth-order valence-corrected chi connectivity index (χ4v) is 0.797. The van der Waals surface area contributed by atoms with E-state index in [0.29, 0.717) is 0 Å². The second-order valence-electron chi connectivity index (χ2n) is 1.71. The van der Waals surface area contributed by atoms with Gasteiger partial charge >= 0.3 is 5.97 Å². The molecule has 1 rings (SSSR count). The molecular weight excluding hydrogens is 216 g/mol. The van der Waals surface area contributed by atoms with Crippen LogP contribution in [0.3, 0.4) is 0 Å². The highest BCUT2D eigenvalue weighted by Crippen LogP contribution is 1.97. The number of nitrogens with zero attached hydrogens (tertiary/aromatic N) is 1. The van der Waals surface area contributed by atoms with Gasteiger partial charge in [-0.15, -0.1) is 0 Å². The smallest absolute Gasteiger partial charge is 0.356 e. The topological polar surface area (TPSA) is 83.0 Å². The van der Waals surface area contributed by atoms with Crippen molar-refractivity contribution in [2.24, 2.45) is 0 Å². The Morgan fingerprint density at radius 3 is 2.82 bits per heavy atom. The predicted molar refractivity (Wildman–Crippen MR) is 39.5 cm³/mol. The lowest BCUT2D eigenvalue weighted by atomic mass is 10.5. The molecule has 58 valence electrons. The van der Waals surface area contributed by atoms with Crippen LogP contribution in [0, 0.1) is 0 Å². The maximum atomic E-state index is 10.6. The predicted octanol–water partition coefficient (Wildman–Crippen LogP) is 0.231. The lowest BCUT2D eigenvalue weighted by Crippen LogP contribution is -2.12. The molecule has 0 aliphatic carbocycles. The molecule has 0 bridgehead atoms. The van der Waals surface area contributed by atoms with Crippen LogP contribution in [0.2, 0.25) is 0 Å². The third kappa shape index (κ3) is 1.64. The number of hydrogen-bond acceptors (Lipinski definition) is 3. The van der Waals surface area contributed by atoms with Crippen molar-refractivity contribution in [2.75, 3.05) is 0 Å². The van der Waals surface area contributed by atoms with E-state index in [2.05, 4.69) is 25.9 Å². The number of hydrogen-bond donors (Lipinski definition) is 2. The van der Waals surface area contributed by atoms with Crippen LogP contribution in [0.15, 0.2) is 15.6 Å². The highest BCUT2D eigenvalue weighted by Gasteiger charge is 2.05. The summed E-state index contributed by atoms with van der Waals surface area (Å²) in [6.07, 6.45) is 1.04. The molecule has 0 fully saturated rings. The molecule has 1 heterocycles. The number of halogens is 1. The summed E-state index contributed by atoms with van der Waals surface area (Å²) in [5.41, 5.74) is -0.647. The maximum Gasteiger partial charge on any atom is 0.356 e. The number of H-pyrrole nitrogens is 1. The fraction of sp³-hybridized carbons (Fsp3) is 0. The van der Waals surface area contributed by atoms with Gasteiger partial charge in [0.1, 0.15) is 0 Å². The Labute approximate surface area is 69.2 Å². The minimum absolute atomic E-state index is 0.0302. The first-order chi connectivity index (χ1) is 5.11. The van der Waals surface area contributed by atoms with Gasteiger partial charge in [0.2, 0.25) is 0 Å². The van der Waals surface area contributed by atoms with Crippen molar-refractivity contribution in [3.8, 4) is 0 Å². The molecule has 6 heteroatoms. The van der Waals surface area contributed by atoms with Crippen molar-refractivity contribution in [1.82, 2.24) is 9.97 Å². The average molecular weight is 219 g/mol. The second kappa shape index (κ2) is 2.83. The van der Waals surface area contributed by atoms with Crippen LogP contribution in [0.4, 0.5) is 0 Å². The zero-order chi connectivity index (χ0) is 8.43. The lowest BCUT2D eigenvalue weighted by molar-refractivity contribution is 0.0689. The molecular formula is C5H3BrN2O3. The molecule has 0 atom stereocenters. The molecule has 0 aliphatic heterocycles. The lowest BCUT2D eigenvalue weighted by Gasteiger charge is -1.91. The first-order valence-electron chi connectivity index (χ1n) is 2.60. The molecule has 0 radical (unpaired) electrons. The standard InChI is InChI=1S/C5H3BrN2O3/c6-3-4(9)7-1-2(8-3)5(10)11/h1H,(H,7,9)(H,10,11). The van der Waals surface area contributed by atoms with Crippen molar-refractivity contribution >= 4 is 21.9 Å². The van der Waals surface area contributed by atoms with E-state index in [1.165, 1.54) is 0 Å². The first-order valence-corrected chi connectivity index (χ1v) is 3.39.